The van der Waals surface area contributed by atoms with Crippen LogP contribution in [-0.2, 0) is 17.9 Å². The molecule has 0 N–H and O–H groups in total. The van der Waals surface area contributed by atoms with Gasteiger partial charge in [0.1, 0.15) is 11.9 Å². The molecule has 0 radical (unpaired) electrons. The van der Waals surface area contributed by atoms with Crippen molar-refractivity contribution in [2.75, 3.05) is 6.54 Å². The Kier molecular flexibility index (Phi) is 3.78. The number of nitrogens with zero attached hydrogens (tertiary/aromatic N) is 6. The van der Waals surface area contributed by atoms with Crippen LogP contribution in [0.5, 0.6) is 0 Å². The molecule has 0 saturated heterocycles. The molecule has 0 saturated carbocycles. The summed E-state index contributed by atoms with van der Waals surface area (Å²) in [6.45, 7) is 8.09. The molecule has 3 aromatic rings. The third-order valence-corrected chi connectivity index (χ3v) is 4.87. The van der Waals surface area contributed by atoms with Crippen molar-refractivity contribution < 1.29 is 4.79 Å². The minimum Gasteiger partial charge on any atom is -0.332 e. The van der Waals surface area contributed by atoms with Gasteiger partial charge in [-0.3, -0.25) is 4.79 Å². The van der Waals surface area contributed by atoms with E-state index in [0.29, 0.717) is 19.0 Å². The van der Waals surface area contributed by atoms with Crippen molar-refractivity contribution in [3.8, 4) is 0 Å². The van der Waals surface area contributed by atoms with Crippen LogP contribution in [0.1, 0.15) is 44.4 Å². The summed E-state index contributed by atoms with van der Waals surface area (Å²) in [6, 6.07) is 7.57. The second-order valence-electron chi connectivity index (χ2n) is 6.86. The predicted molar refractivity (Wildman–Crippen MR) is 94.0 cm³/mol. The molecular weight excluding hydrogens is 316 g/mol. The lowest BCUT2D eigenvalue weighted by Crippen LogP contribution is -2.41. The number of hydrogen-bond donors (Lipinski definition) is 0. The van der Waals surface area contributed by atoms with Crippen molar-refractivity contribution in [1.82, 2.24) is 29.2 Å². The van der Waals surface area contributed by atoms with Crippen molar-refractivity contribution in [2.24, 2.45) is 0 Å². The van der Waals surface area contributed by atoms with Crippen molar-refractivity contribution in [1.29, 1.82) is 0 Å². The first-order valence-corrected chi connectivity index (χ1v) is 8.68. The molecular formula is C18H22N6O. The molecule has 0 aliphatic carbocycles. The van der Waals surface area contributed by atoms with Crippen LogP contribution in [-0.4, -0.2) is 41.7 Å². The number of amides is 1. The highest BCUT2D eigenvalue weighted by molar-refractivity contribution is 5.83. The summed E-state index contributed by atoms with van der Waals surface area (Å²) < 4.78 is 4.09. The van der Waals surface area contributed by atoms with Crippen LogP contribution in [0.4, 0.5) is 0 Å². The third kappa shape index (κ3) is 2.59. The largest absolute Gasteiger partial charge is 0.332 e. The Morgan fingerprint density at radius 1 is 1.12 bits per heavy atom. The number of para-hydroxylation sites is 2. The summed E-state index contributed by atoms with van der Waals surface area (Å²) >= 11 is 0. The Morgan fingerprint density at radius 3 is 2.72 bits per heavy atom. The fourth-order valence-electron chi connectivity index (χ4n) is 3.47. The molecule has 4 rings (SSSR count). The van der Waals surface area contributed by atoms with Crippen molar-refractivity contribution in [2.45, 2.75) is 45.8 Å². The minimum absolute atomic E-state index is 0.0866. The Morgan fingerprint density at radius 2 is 1.92 bits per heavy atom. The molecule has 1 aliphatic heterocycles. The number of hydrogen-bond acceptors (Lipinski definition) is 4. The van der Waals surface area contributed by atoms with E-state index in [1.165, 1.54) is 0 Å². The molecule has 0 fully saturated rings. The molecule has 3 heterocycles. The second kappa shape index (κ2) is 5.98. The van der Waals surface area contributed by atoms with Gasteiger partial charge in [-0.15, -0.1) is 10.2 Å². The summed E-state index contributed by atoms with van der Waals surface area (Å²) in [5.41, 5.74) is 1.88. The summed E-state index contributed by atoms with van der Waals surface area (Å²) in [4.78, 5) is 19.3. The number of fused-ring (bicyclic) bond motifs is 2. The average Bonchev–Trinajstić information content (AvgIpc) is 3.24. The Labute approximate surface area is 146 Å². The Bertz CT molecular complexity index is 925. The standard InChI is InChI=1S/C18H22N6O/c1-12(2)17-21-20-16-10-22(8-9-23(16)17)18(25)13(3)24-11-19-14-6-4-5-7-15(14)24/h4-7,11-13H,8-10H2,1-3H3/t13-/m1/s1. The van der Waals surface area contributed by atoms with E-state index in [0.717, 1.165) is 29.2 Å². The van der Waals surface area contributed by atoms with Gasteiger partial charge in [0.25, 0.3) is 0 Å². The first-order chi connectivity index (χ1) is 12.1. The number of carbonyl (C=O) groups excluding carboxylic acids is 1. The first kappa shape index (κ1) is 15.8. The summed E-state index contributed by atoms with van der Waals surface area (Å²) in [7, 11) is 0. The van der Waals surface area contributed by atoms with Gasteiger partial charge in [-0.05, 0) is 19.1 Å². The zero-order valence-corrected chi connectivity index (χ0v) is 14.8. The van der Waals surface area contributed by atoms with Crippen LogP contribution in [0, 0.1) is 0 Å². The fourth-order valence-corrected chi connectivity index (χ4v) is 3.47. The zero-order valence-electron chi connectivity index (χ0n) is 14.8. The van der Waals surface area contributed by atoms with E-state index in [9.17, 15) is 4.79 Å². The molecule has 1 atom stereocenters. The molecule has 7 nitrogen and oxygen atoms in total. The lowest BCUT2D eigenvalue weighted by molar-refractivity contribution is -0.135. The number of rotatable bonds is 3. The van der Waals surface area contributed by atoms with E-state index in [-0.39, 0.29) is 11.9 Å². The van der Waals surface area contributed by atoms with Gasteiger partial charge in [-0.2, -0.15) is 0 Å². The van der Waals surface area contributed by atoms with Gasteiger partial charge in [-0.1, -0.05) is 26.0 Å². The van der Waals surface area contributed by atoms with Crippen molar-refractivity contribution in [3.05, 3.63) is 42.2 Å². The molecule has 130 valence electrons. The van der Waals surface area contributed by atoms with Gasteiger partial charge >= 0.3 is 0 Å². The van der Waals surface area contributed by atoms with Gasteiger partial charge in [-0.25, -0.2) is 4.98 Å². The maximum Gasteiger partial charge on any atom is 0.245 e. The second-order valence-corrected chi connectivity index (χ2v) is 6.86. The number of carbonyl (C=O) groups is 1. The predicted octanol–water partition coefficient (Wildman–Crippen LogP) is 2.35. The molecule has 1 aromatic carbocycles. The van der Waals surface area contributed by atoms with Crippen molar-refractivity contribution >= 4 is 16.9 Å². The molecule has 0 spiro atoms. The van der Waals surface area contributed by atoms with E-state index < -0.39 is 0 Å². The van der Waals surface area contributed by atoms with E-state index in [2.05, 4.69) is 33.6 Å². The zero-order chi connectivity index (χ0) is 17.6. The lowest BCUT2D eigenvalue weighted by atomic mass is 10.2. The highest BCUT2D eigenvalue weighted by Crippen LogP contribution is 2.23. The maximum absolute atomic E-state index is 13.0. The van der Waals surface area contributed by atoms with Crippen LogP contribution in [0.25, 0.3) is 11.0 Å². The van der Waals surface area contributed by atoms with Gasteiger partial charge in [0, 0.05) is 19.0 Å². The third-order valence-electron chi connectivity index (χ3n) is 4.87. The molecule has 0 bridgehead atoms. The van der Waals surface area contributed by atoms with Crippen LogP contribution in [0.3, 0.4) is 0 Å². The van der Waals surface area contributed by atoms with E-state index >= 15 is 0 Å². The van der Waals surface area contributed by atoms with E-state index in [1.54, 1.807) is 6.33 Å². The van der Waals surface area contributed by atoms with Gasteiger partial charge < -0.3 is 14.0 Å². The topological polar surface area (TPSA) is 68.8 Å². The quantitative estimate of drug-likeness (QED) is 0.735. The van der Waals surface area contributed by atoms with Crippen LogP contribution < -0.4 is 0 Å². The summed E-state index contributed by atoms with van der Waals surface area (Å²) in [5.74, 6) is 2.28. The van der Waals surface area contributed by atoms with E-state index in [4.69, 9.17) is 0 Å². The molecule has 1 amide bonds. The van der Waals surface area contributed by atoms with Crippen LogP contribution in [0.2, 0.25) is 0 Å². The van der Waals surface area contributed by atoms with E-state index in [1.807, 2.05) is 40.7 Å². The number of benzene rings is 1. The molecule has 0 unspecified atom stereocenters. The average molecular weight is 338 g/mol. The molecule has 25 heavy (non-hydrogen) atoms. The minimum atomic E-state index is -0.300. The van der Waals surface area contributed by atoms with Gasteiger partial charge in [0.05, 0.1) is 23.9 Å². The van der Waals surface area contributed by atoms with Crippen molar-refractivity contribution in [3.63, 3.8) is 0 Å². The SMILES string of the molecule is CC(C)c1nnc2n1CCN(C(=O)[C@@H](C)n1cnc3ccccc31)C2. The van der Waals surface area contributed by atoms with Gasteiger partial charge in [0.15, 0.2) is 5.82 Å². The summed E-state index contributed by atoms with van der Waals surface area (Å²) in [6.07, 6.45) is 1.75. The molecule has 1 aliphatic rings. The molecule has 7 heteroatoms. The smallest absolute Gasteiger partial charge is 0.245 e. The Hall–Kier alpha value is -2.70. The Balaban J connectivity index is 1.57. The maximum atomic E-state index is 13.0. The molecule has 2 aromatic heterocycles. The lowest BCUT2D eigenvalue weighted by Gasteiger charge is -2.30. The highest BCUT2D eigenvalue weighted by atomic mass is 16.2. The van der Waals surface area contributed by atoms with Crippen LogP contribution in [0.15, 0.2) is 30.6 Å². The number of aromatic nitrogens is 5. The number of imidazole rings is 1. The fraction of sp³-hybridized carbons (Fsp3) is 0.444. The van der Waals surface area contributed by atoms with Crippen LogP contribution >= 0.6 is 0 Å². The normalized spacial score (nSPS) is 15.6. The monoisotopic (exact) mass is 338 g/mol. The first-order valence-electron chi connectivity index (χ1n) is 8.68. The summed E-state index contributed by atoms with van der Waals surface area (Å²) in [5, 5.41) is 8.57. The van der Waals surface area contributed by atoms with Gasteiger partial charge in [0.2, 0.25) is 5.91 Å². The highest BCUT2D eigenvalue weighted by Gasteiger charge is 2.29.